The molecule has 0 aliphatic carbocycles. The zero-order chi connectivity index (χ0) is 17.2. The van der Waals surface area contributed by atoms with E-state index in [4.69, 9.17) is 4.74 Å². The van der Waals surface area contributed by atoms with Crippen molar-refractivity contribution in [1.29, 1.82) is 0 Å². The molecule has 3 amide bonds. The van der Waals surface area contributed by atoms with Crippen LogP contribution in [0.5, 0.6) is 0 Å². The Balaban J connectivity index is 1.77. The number of ether oxygens (including phenoxy) is 1. The predicted octanol–water partition coefficient (Wildman–Crippen LogP) is 0.482. The second-order valence-corrected chi connectivity index (χ2v) is 6.60. The molecule has 9 heteroatoms. The maximum atomic E-state index is 11.9. The molecule has 0 bridgehead atoms. The molecular weight excluding hydrogens is 322 g/mol. The molecule has 1 aliphatic heterocycles. The number of rotatable bonds is 6. The van der Waals surface area contributed by atoms with Crippen molar-refractivity contribution in [3.63, 3.8) is 0 Å². The third-order valence-corrected chi connectivity index (χ3v) is 4.42. The van der Waals surface area contributed by atoms with Gasteiger partial charge in [0.05, 0.1) is 13.0 Å². The zero-order valence-electron chi connectivity index (χ0n) is 13.2. The van der Waals surface area contributed by atoms with E-state index in [1.165, 1.54) is 4.57 Å². The summed E-state index contributed by atoms with van der Waals surface area (Å²) < 4.78 is 6.57. The van der Waals surface area contributed by atoms with E-state index in [0.29, 0.717) is 0 Å². The molecule has 1 aromatic rings. The minimum absolute atomic E-state index is 0.0235. The highest BCUT2D eigenvalue weighted by Gasteiger charge is 2.44. The number of carbonyl (C=O) groups excluding carboxylic acids is 3. The molecule has 0 saturated carbocycles. The van der Waals surface area contributed by atoms with Gasteiger partial charge in [-0.05, 0) is 20.8 Å². The maximum Gasteiger partial charge on any atom is 0.325 e. The van der Waals surface area contributed by atoms with Crippen LogP contribution in [0.25, 0.3) is 0 Å². The number of amides is 3. The molecule has 1 aliphatic rings. The van der Waals surface area contributed by atoms with Crippen molar-refractivity contribution in [2.24, 2.45) is 0 Å². The molecule has 0 atom stereocenters. The van der Waals surface area contributed by atoms with E-state index < -0.39 is 17.5 Å². The standard InChI is InChI=1S/C14H19N3O5S/c1-9-8-23-13(21)16(9)6-7-22-10(18)4-5-17-11(19)14(2,3)15-12(17)20/h8H,4-7H2,1-3H3,(H,15,20). The molecule has 1 aromatic heterocycles. The van der Waals surface area contributed by atoms with Gasteiger partial charge in [-0.15, -0.1) is 0 Å². The van der Waals surface area contributed by atoms with Crippen LogP contribution in [0.15, 0.2) is 10.2 Å². The smallest absolute Gasteiger partial charge is 0.325 e. The number of aryl methyl sites for hydroxylation is 1. The van der Waals surface area contributed by atoms with Gasteiger partial charge in [0.1, 0.15) is 12.1 Å². The van der Waals surface area contributed by atoms with Crippen molar-refractivity contribution in [2.45, 2.75) is 39.3 Å². The summed E-state index contributed by atoms with van der Waals surface area (Å²) in [5.74, 6) is -0.882. The molecule has 8 nitrogen and oxygen atoms in total. The van der Waals surface area contributed by atoms with Gasteiger partial charge in [-0.25, -0.2) is 4.79 Å². The lowest BCUT2D eigenvalue weighted by Gasteiger charge is -2.15. The topological polar surface area (TPSA) is 97.7 Å². The van der Waals surface area contributed by atoms with Gasteiger partial charge in [0.25, 0.3) is 5.91 Å². The minimum Gasteiger partial charge on any atom is -0.464 e. The van der Waals surface area contributed by atoms with Gasteiger partial charge < -0.3 is 10.1 Å². The van der Waals surface area contributed by atoms with Crippen molar-refractivity contribution in [1.82, 2.24) is 14.8 Å². The number of aromatic nitrogens is 1. The van der Waals surface area contributed by atoms with Crippen LogP contribution in [0, 0.1) is 6.92 Å². The normalized spacial score (nSPS) is 16.6. The van der Waals surface area contributed by atoms with E-state index in [-0.39, 0.29) is 36.9 Å². The van der Waals surface area contributed by atoms with Gasteiger partial charge >= 0.3 is 16.9 Å². The van der Waals surface area contributed by atoms with E-state index in [1.807, 2.05) is 0 Å². The van der Waals surface area contributed by atoms with Gasteiger partial charge in [-0.2, -0.15) is 0 Å². The lowest BCUT2D eigenvalue weighted by Crippen LogP contribution is -2.40. The molecule has 126 valence electrons. The highest BCUT2D eigenvalue weighted by atomic mass is 32.1. The fourth-order valence-corrected chi connectivity index (χ4v) is 2.98. The fraction of sp³-hybridized carbons (Fsp3) is 0.571. The Morgan fingerprint density at radius 1 is 1.30 bits per heavy atom. The van der Waals surface area contributed by atoms with E-state index in [2.05, 4.69) is 5.32 Å². The molecule has 2 rings (SSSR count). The van der Waals surface area contributed by atoms with Crippen LogP contribution in [0.4, 0.5) is 4.79 Å². The number of hydrogen-bond acceptors (Lipinski definition) is 6. The number of urea groups is 1. The second-order valence-electron chi connectivity index (χ2n) is 5.78. The number of imide groups is 1. The summed E-state index contributed by atoms with van der Waals surface area (Å²) in [5, 5.41) is 4.28. The summed E-state index contributed by atoms with van der Waals surface area (Å²) in [7, 11) is 0. The predicted molar refractivity (Wildman–Crippen MR) is 83.2 cm³/mol. The van der Waals surface area contributed by atoms with Crippen molar-refractivity contribution >= 4 is 29.2 Å². The number of thiazole rings is 1. The van der Waals surface area contributed by atoms with Crippen molar-refractivity contribution in [2.75, 3.05) is 13.2 Å². The number of hydrogen-bond donors (Lipinski definition) is 1. The van der Waals surface area contributed by atoms with Gasteiger partial charge in [-0.1, -0.05) is 11.3 Å². The first-order chi connectivity index (χ1) is 10.7. The lowest BCUT2D eigenvalue weighted by molar-refractivity contribution is -0.144. The minimum atomic E-state index is -0.946. The Labute approximate surface area is 137 Å². The molecular formula is C14H19N3O5S. The van der Waals surface area contributed by atoms with Gasteiger partial charge in [-0.3, -0.25) is 23.9 Å². The molecule has 23 heavy (non-hydrogen) atoms. The summed E-state index contributed by atoms with van der Waals surface area (Å²) in [5.41, 5.74) is -0.129. The molecule has 1 N–H and O–H groups in total. The summed E-state index contributed by atoms with van der Waals surface area (Å²) in [6.45, 7) is 5.35. The fourth-order valence-electron chi connectivity index (χ4n) is 2.22. The Kier molecular flexibility index (Phi) is 4.88. The van der Waals surface area contributed by atoms with Gasteiger partial charge in [0.2, 0.25) is 0 Å². The van der Waals surface area contributed by atoms with Crippen LogP contribution in [0.3, 0.4) is 0 Å². The summed E-state index contributed by atoms with van der Waals surface area (Å²) >= 11 is 1.10. The highest BCUT2D eigenvalue weighted by molar-refractivity contribution is 7.07. The second kappa shape index (κ2) is 6.53. The van der Waals surface area contributed by atoms with Crippen LogP contribution in [-0.4, -0.2) is 46.1 Å². The SMILES string of the molecule is Cc1csc(=O)n1CCOC(=O)CCN1C(=O)NC(C)(C)C1=O. The van der Waals surface area contributed by atoms with E-state index >= 15 is 0 Å². The highest BCUT2D eigenvalue weighted by Crippen LogP contribution is 2.16. The van der Waals surface area contributed by atoms with E-state index in [9.17, 15) is 19.2 Å². The Morgan fingerprint density at radius 3 is 2.52 bits per heavy atom. The van der Waals surface area contributed by atoms with Crippen LogP contribution < -0.4 is 10.2 Å². The molecule has 0 unspecified atom stereocenters. The first-order valence-corrected chi connectivity index (χ1v) is 8.05. The molecule has 1 saturated heterocycles. The average Bonchev–Trinajstić information content (AvgIpc) is 2.87. The Hall–Kier alpha value is -2.16. The first kappa shape index (κ1) is 17.2. The first-order valence-electron chi connectivity index (χ1n) is 7.17. The third-order valence-electron chi connectivity index (χ3n) is 3.54. The van der Waals surface area contributed by atoms with Crippen LogP contribution in [0.2, 0.25) is 0 Å². The summed E-state index contributed by atoms with van der Waals surface area (Å²) in [6.07, 6.45) is -0.0766. The third kappa shape index (κ3) is 3.79. The van der Waals surface area contributed by atoms with Crippen LogP contribution in [-0.2, 0) is 20.9 Å². The van der Waals surface area contributed by atoms with Gasteiger partial charge in [0.15, 0.2) is 0 Å². The molecule has 0 aromatic carbocycles. The van der Waals surface area contributed by atoms with E-state index in [0.717, 1.165) is 21.9 Å². The molecule has 2 heterocycles. The Bertz CT molecular complexity index is 691. The summed E-state index contributed by atoms with van der Waals surface area (Å²) in [6, 6.07) is -0.506. The molecule has 0 spiro atoms. The monoisotopic (exact) mass is 341 g/mol. The van der Waals surface area contributed by atoms with E-state index in [1.54, 1.807) is 26.2 Å². The molecule has 0 radical (unpaired) electrons. The largest absolute Gasteiger partial charge is 0.464 e. The molecule has 1 fully saturated rings. The van der Waals surface area contributed by atoms with Crippen molar-refractivity contribution < 1.29 is 19.1 Å². The maximum absolute atomic E-state index is 11.9. The summed E-state index contributed by atoms with van der Waals surface area (Å²) in [4.78, 5) is 47.7. The zero-order valence-corrected chi connectivity index (χ0v) is 14.1. The number of nitrogens with one attached hydrogen (secondary N) is 1. The lowest BCUT2D eigenvalue weighted by atomic mass is 10.1. The van der Waals surface area contributed by atoms with Crippen LogP contribution >= 0.6 is 11.3 Å². The van der Waals surface area contributed by atoms with Crippen molar-refractivity contribution in [3.8, 4) is 0 Å². The van der Waals surface area contributed by atoms with Gasteiger partial charge in [0, 0.05) is 17.6 Å². The Morgan fingerprint density at radius 2 is 2.00 bits per heavy atom. The number of carbonyl (C=O) groups is 3. The average molecular weight is 341 g/mol. The quantitative estimate of drug-likeness (QED) is 0.599. The number of esters is 1. The number of nitrogens with zero attached hydrogens (tertiary/aromatic N) is 2. The van der Waals surface area contributed by atoms with Crippen LogP contribution in [0.1, 0.15) is 26.0 Å². The van der Waals surface area contributed by atoms with Crippen molar-refractivity contribution in [3.05, 3.63) is 20.7 Å².